The fraction of sp³-hybridized carbons (Fsp3) is 0.250. The highest BCUT2D eigenvalue weighted by Gasteiger charge is 2.20. The Hall–Kier alpha value is -2.00. The van der Waals surface area contributed by atoms with Crippen LogP contribution in [0.25, 0.3) is 0 Å². The van der Waals surface area contributed by atoms with E-state index in [4.69, 9.17) is 5.73 Å². The summed E-state index contributed by atoms with van der Waals surface area (Å²) in [5.74, 6) is 0. The molecule has 1 heterocycles. The molecule has 0 atom stereocenters. The summed E-state index contributed by atoms with van der Waals surface area (Å²) in [6, 6.07) is 14.9. The third-order valence-corrected chi connectivity index (χ3v) is 3.68. The van der Waals surface area contributed by atoms with Crippen LogP contribution < -0.4 is 11.1 Å². The number of nitrogen functional groups attached to an aromatic ring is 1. The zero-order valence-corrected chi connectivity index (χ0v) is 11.2. The lowest BCUT2D eigenvalue weighted by molar-refractivity contribution is 0.275. The zero-order valence-electron chi connectivity index (χ0n) is 11.2. The summed E-state index contributed by atoms with van der Waals surface area (Å²) in [4.78, 5) is 2.44. The van der Waals surface area contributed by atoms with E-state index in [1.54, 1.807) is 0 Å². The second kappa shape index (κ2) is 4.94. The van der Waals surface area contributed by atoms with Crippen LogP contribution in [0.1, 0.15) is 16.7 Å². The van der Waals surface area contributed by atoms with E-state index in [0.29, 0.717) is 0 Å². The standard InChI is InChI=1S/C16H19N3/c1-18-16-8-14-11-19(10-13(14)7-15(16)17)9-12-5-3-2-4-6-12/h2-8,18H,9-11,17H2,1H3. The molecule has 1 aliphatic heterocycles. The van der Waals surface area contributed by atoms with Gasteiger partial charge in [0.15, 0.2) is 0 Å². The molecular formula is C16H19N3. The molecule has 0 saturated heterocycles. The first-order valence-corrected chi connectivity index (χ1v) is 6.61. The maximum Gasteiger partial charge on any atom is 0.0574 e. The van der Waals surface area contributed by atoms with Crippen LogP contribution in [0.3, 0.4) is 0 Å². The number of hydrogen-bond acceptors (Lipinski definition) is 3. The lowest BCUT2D eigenvalue weighted by Gasteiger charge is -2.14. The van der Waals surface area contributed by atoms with Gasteiger partial charge < -0.3 is 11.1 Å². The van der Waals surface area contributed by atoms with Gasteiger partial charge in [0.05, 0.1) is 11.4 Å². The molecule has 3 heteroatoms. The molecule has 3 nitrogen and oxygen atoms in total. The van der Waals surface area contributed by atoms with Crippen LogP contribution >= 0.6 is 0 Å². The maximum absolute atomic E-state index is 6.02. The van der Waals surface area contributed by atoms with E-state index in [0.717, 1.165) is 31.0 Å². The Labute approximate surface area is 114 Å². The minimum Gasteiger partial charge on any atom is -0.397 e. The van der Waals surface area contributed by atoms with E-state index in [2.05, 4.69) is 52.7 Å². The van der Waals surface area contributed by atoms with E-state index in [1.807, 2.05) is 7.05 Å². The van der Waals surface area contributed by atoms with Gasteiger partial charge in [-0.2, -0.15) is 0 Å². The summed E-state index contributed by atoms with van der Waals surface area (Å²) < 4.78 is 0. The topological polar surface area (TPSA) is 41.3 Å². The van der Waals surface area contributed by atoms with Crippen molar-refractivity contribution >= 4 is 11.4 Å². The predicted octanol–water partition coefficient (Wildman–Crippen LogP) is 2.83. The van der Waals surface area contributed by atoms with Gasteiger partial charge in [-0.15, -0.1) is 0 Å². The largest absolute Gasteiger partial charge is 0.397 e. The lowest BCUT2D eigenvalue weighted by Crippen LogP contribution is -2.15. The van der Waals surface area contributed by atoms with Crippen molar-refractivity contribution in [3.8, 4) is 0 Å². The van der Waals surface area contributed by atoms with Crippen molar-refractivity contribution in [1.82, 2.24) is 4.90 Å². The smallest absolute Gasteiger partial charge is 0.0574 e. The first kappa shape index (κ1) is 12.1. The Morgan fingerprint density at radius 1 is 1.11 bits per heavy atom. The third kappa shape index (κ3) is 2.42. The summed E-state index contributed by atoms with van der Waals surface area (Å²) in [7, 11) is 1.91. The number of nitrogens with one attached hydrogen (secondary N) is 1. The molecule has 0 amide bonds. The monoisotopic (exact) mass is 253 g/mol. The minimum atomic E-state index is 0.836. The maximum atomic E-state index is 6.02. The van der Waals surface area contributed by atoms with Gasteiger partial charge in [0, 0.05) is 26.7 Å². The average Bonchev–Trinajstić information content (AvgIpc) is 2.80. The second-order valence-electron chi connectivity index (χ2n) is 5.09. The van der Waals surface area contributed by atoms with E-state index in [-0.39, 0.29) is 0 Å². The molecule has 0 aliphatic carbocycles. The van der Waals surface area contributed by atoms with Crippen LogP contribution in [0.15, 0.2) is 42.5 Å². The van der Waals surface area contributed by atoms with Crippen LogP contribution in [-0.2, 0) is 19.6 Å². The van der Waals surface area contributed by atoms with Crippen molar-refractivity contribution in [2.24, 2.45) is 0 Å². The molecule has 1 aliphatic rings. The number of rotatable bonds is 3. The van der Waals surface area contributed by atoms with E-state index in [1.165, 1.54) is 16.7 Å². The van der Waals surface area contributed by atoms with E-state index in [9.17, 15) is 0 Å². The molecule has 0 fully saturated rings. The highest BCUT2D eigenvalue weighted by molar-refractivity contribution is 5.68. The SMILES string of the molecule is CNc1cc2c(cc1N)CN(Cc1ccccc1)C2. The van der Waals surface area contributed by atoms with Gasteiger partial charge >= 0.3 is 0 Å². The molecule has 19 heavy (non-hydrogen) atoms. The normalized spacial score (nSPS) is 14.4. The van der Waals surface area contributed by atoms with Crippen molar-refractivity contribution in [2.75, 3.05) is 18.1 Å². The predicted molar refractivity (Wildman–Crippen MR) is 79.8 cm³/mol. The Kier molecular flexibility index (Phi) is 3.13. The van der Waals surface area contributed by atoms with Gasteiger partial charge in [0.25, 0.3) is 0 Å². The fourth-order valence-corrected chi connectivity index (χ4v) is 2.71. The Bertz CT molecular complexity index is 578. The Morgan fingerprint density at radius 2 is 1.79 bits per heavy atom. The molecule has 3 N–H and O–H groups in total. The van der Waals surface area contributed by atoms with Gasteiger partial charge in [0.1, 0.15) is 0 Å². The molecule has 0 saturated carbocycles. The van der Waals surface area contributed by atoms with Gasteiger partial charge in [-0.1, -0.05) is 30.3 Å². The number of hydrogen-bond donors (Lipinski definition) is 2. The van der Waals surface area contributed by atoms with Crippen LogP contribution in [0.2, 0.25) is 0 Å². The number of fused-ring (bicyclic) bond motifs is 1. The highest BCUT2D eigenvalue weighted by atomic mass is 15.1. The van der Waals surface area contributed by atoms with Crippen LogP contribution in [0, 0.1) is 0 Å². The number of benzene rings is 2. The number of nitrogens with zero attached hydrogens (tertiary/aromatic N) is 1. The van der Waals surface area contributed by atoms with E-state index < -0.39 is 0 Å². The first-order chi connectivity index (χ1) is 9.26. The number of anilines is 2. The summed E-state index contributed by atoms with van der Waals surface area (Å²) in [6.45, 7) is 2.97. The second-order valence-corrected chi connectivity index (χ2v) is 5.09. The van der Waals surface area contributed by atoms with Crippen molar-refractivity contribution < 1.29 is 0 Å². The van der Waals surface area contributed by atoms with E-state index >= 15 is 0 Å². The van der Waals surface area contributed by atoms with Gasteiger partial charge in [-0.05, 0) is 28.8 Å². The average molecular weight is 253 g/mol. The molecular weight excluding hydrogens is 234 g/mol. The highest BCUT2D eigenvalue weighted by Crippen LogP contribution is 2.30. The first-order valence-electron chi connectivity index (χ1n) is 6.61. The zero-order chi connectivity index (χ0) is 13.2. The van der Waals surface area contributed by atoms with Gasteiger partial charge in [-0.25, -0.2) is 0 Å². The van der Waals surface area contributed by atoms with Crippen molar-refractivity contribution in [3.05, 3.63) is 59.2 Å². The van der Waals surface area contributed by atoms with Gasteiger partial charge in [-0.3, -0.25) is 4.90 Å². The molecule has 0 unspecified atom stereocenters. The van der Waals surface area contributed by atoms with Crippen LogP contribution in [0.5, 0.6) is 0 Å². The number of nitrogens with two attached hydrogens (primary N) is 1. The molecule has 3 rings (SSSR count). The summed E-state index contributed by atoms with van der Waals surface area (Å²) in [5.41, 5.74) is 12.0. The van der Waals surface area contributed by atoms with Crippen molar-refractivity contribution in [3.63, 3.8) is 0 Å². The fourth-order valence-electron chi connectivity index (χ4n) is 2.71. The van der Waals surface area contributed by atoms with Crippen molar-refractivity contribution in [2.45, 2.75) is 19.6 Å². The summed E-state index contributed by atoms with van der Waals surface area (Å²) in [5, 5.41) is 3.15. The Balaban J connectivity index is 1.77. The Morgan fingerprint density at radius 3 is 2.47 bits per heavy atom. The summed E-state index contributed by atoms with van der Waals surface area (Å²) >= 11 is 0. The van der Waals surface area contributed by atoms with Gasteiger partial charge in [0.2, 0.25) is 0 Å². The lowest BCUT2D eigenvalue weighted by atomic mass is 10.1. The molecule has 2 aromatic rings. The van der Waals surface area contributed by atoms with Crippen LogP contribution in [0.4, 0.5) is 11.4 Å². The van der Waals surface area contributed by atoms with Crippen LogP contribution in [-0.4, -0.2) is 11.9 Å². The van der Waals surface area contributed by atoms with Crippen molar-refractivity contribution in [1.29, 1.82) is 0 Å². The molecule has 0 aromatic heterocycles. The molecule has 0 radical (unpaired) electrons. The quantitative estimate of drug-likeness (QED) is 0.826. The molecule has 98 valence electrons. The molecule has 0 spiro atoms. The summed E-state index contributed by atoms with van der Waals surface area (Å²) in [6.07, 6.45) is 0. The molecule has 0 bridgehead atoms. The molecule has 2 aromatic carbocycles. The third-order valence-electron chi connectivity index (χ3n) is 3.68. The minimum absolute atomic E-state index is 0.836.